The summed E-state index contributed by atoms with van der Waals surface area (Å²) < 4.78 is 3.55. The number of aromatic amines is 1. The zero-order chi connectivity index (χ0) is 23.2. The fourth-order valence-corrected chi connectivity index (χ4v) is 4.39. The van der Waals surface area contributed by atoms with Crippen LogP contribution in [-0.2, 0) is 19.5 Å². The zero-order valence-corrected chi connectivity index (χ0v) is 19.7. The maximum atomic E-state index is 13.2. The minimum absolute atomic E-state index is 0.0304. The molecular formula is C24H28ClN7O. The molecule has 0 saturated carbocycles. The number of hydrogen-bond acceptors (Lipinski definition) is 5. The normalized spacial score (nSPS) is 11.2. The van der Waals surface area contributed by atoms with Crippen molar-refractivity contribution in [2.45, 2.75) is 59.0 Å². The van der Waals surface area contributed by atoms with Gasteiger partial charge in [-0.1, -0.05) is 69.0 Å². The number of hydrogen-bond donors (Lipinski definition) is 1. The van der Waals surface area contributed by atoms with Crippen molar-refractivity contribution in [1.29, 1.82) is 0 Å². The number of unbranched alkanes of at least 4 members (excludes halogenated alkanes) is 2. The molecule has 0 unspecified atom stereocenters. The Morgan fingerprint density at radius 3 is 2.52 bits per heavy atom. The molecule has 33 heavy (non-hydrogen) atoms. The van der Waals surface area contributed by atoms with Gasteiger partial charge in [0, 0.05) is 24.5 Å². The average Bonchev–Trinajstić information content (AvgIpc) is 3.45. The highest BCUT2D eigenvalue weighted by Gasteiger charge is 2.18. The number of rotatable bonds is 10. The lowest BCUT2D eigenvalue weighted by Crippen LogP contribution is -2.25. The van der Waals surface area contributed by atoms with Crippen LogP contribution in [0.25, 0.3) is 22.5 Å². The molecule has 0 radical (unpaired) electrons. The van der Waals surface area contributed by atoms with Crippen molar-refractivity contribution >= 4 is 11.6 Å². The quantitative estimate of drug-likeness (QED) is 0.341. The molecule has 0 bridgehead atoms. The Bertz CT molecular complexity index is 1240. The highest BCUT2D eigenvalue weighted by molar-refractivity contribution is 6.30. The molecule has 0 aliphatic carbocycles. The van der Waals surface area contributed by atoms with Gasteiger partial charge in [0.25, 0.3) is 0 Å². The van der Waals surface area contributed by atoms with Crippen molar-refractivity contribution in [3.8, 4) is 22.5 Å². The van der Waals surface area contributed by atoms with E-state index >= 15 is 0 Å². The van der Waals surface area contributed by atoms with Gasteiger partial charge in [0.2, 0.25) is 5.82 Å². The van der Waals surface area contributed by atoms with Crippen molar-refractivity contribution in [2.75, 3.05) is 0 Å². The van der Waals surface area contributed by atoms with Crippen LogP contribution in [0, 0.1) is 0 Å². The summed E-state index contributed by atoms with van der Waals surface area (Å²) in [6.07, 6.45) is 8.32. The molecule has 0 saturated heterocycles. The van der Waals surface area contributed by atoms with Crippen LogP contribution in [0.3, 0.4) is 0 Å². The summed E-state index contributed by atoms with van der Waals surface area (Å²) in [6.45, 7) is 5.40. The van der Waals surface area contributed by atoms with Crippen LogP contribution < -0.4 is 5.69 Å². The van der Waals surface area contributed by atoms with Gasteiger partial charge in [0.1, 0.15) is 5.15 Å². The van der Waals surface area contributed by atoms with E-state index in [4.69, 9.17) is 11.6 Å². The number of halogens is 1. The van der Waals surface area contributed by atoms with Gasteiger partial charge >= 0.3 is 5.69 Å². The molecule has 0 aliphatic rings. The van der Waals surface area contributed by atoms with Crippen molar-refractivity contribution < 1.29 is 0 Å². The Labute approximate surface area is 197 Å². The molecule has 3 aromatic heterocycles. The van der Waals surface area contributed by atoms with E-state index in [2.05, 4.69) is 39.5 Å². The lowest BCUT2D eigenvalue weighted by molar-refractivity contribution is 0.573. The molecule has 0 amide bonds. The second kappa shape index (κ2) is 10.6. The van der Waals surface area contributed by atoms with Crippen LogP contribution in [0.2, 0.25) is 5.15 Å². The van der Waals surface area contributed by atoms with Crippen LogP contribution in [0.4, 0.5) is 0 Å². The first-order chi connectivity index (χ1) is 16.1. The van der Waals surface area contributed by atoms with Crippen LogP contribution in [0.1, 0.15) is 50.8 Å². The first-order valence-electron chi connectivity index (χ1n) is 11.4. The van der Waals surface area contributed by atoms with Gasteiger partial charge in [-0.25, -0.2) is 4.79 Å². The molecule has 8 nitrogen and oxygen atoms in total. The van der Waals surface area contributed by atoms with Crippen molar-refractivity contribution in [2.24, 2.45) is 0 Å². The maximum absolute atomic E-state index is 13.2. The van der Waals surface area contributed by atoms with Gasteiger partial charge < -0.3 is 0 Å². The molecule has 4 rings (SSSR count). The number of nitrogens with zero attached hydrogens (tertiary/aromatic N) is 6. The molecule has 1 aromatic carbocycles. The van der Waals surface area contributed by atoms with Crippen LogP contribution in [0.15, 0.2) is 47.5 Å². The summed E-state index contributed by atoms with van der Waals surface area (Å²) in [7, 11) is 0. The summed E-state index contributed by atoms with van der Waals surface area (Å²) in [4.78, 5) is 17.4. The fraction of sp³-hybridized carbons (Fsp3) is 0.375. The van der Waals surface area contributed by atoms with E-state index in [-0.39, 0.29) is 5.69 Å². The van der Waals surface area contributed by atoms with E-state index < -0.39 is 0 Å². The molecule has 1 N–H and O–H groups in total. The van der Waals surface area contributed by atoms with Gasteiger partial charge in [-0.15, -0.1) is 10.2 Å². The zero-order valence-electron chi connectivity index (χ0n) is 19.0. The summed E-state index contributed by atoms with van der Waals surface area (Å²) >= 11 is 6.65. The van der Waals surface area contributed by atoms with Crippen LogP contribution >= 0.6 is 11.6 Å². The largest absolute Gasteiger partial charge is 0.329 e. The predicted molar refractivity (Wildman–Crippen MR) is 129 cm³/mol. The van der Waals surface area contributed by atoms with E-state index in [1.807, 2.05) is 34.9 Å². The average molecular weight is 466 g/mol. The van der Waals surface area contributed by atoms with Gasteiger partial charge in [-0.3, -0.25) is 14.1 Å². The van der Waals surface area contributed by atoms with Gasteiger partial charge in [0.05, 0.1) is 12.2 Å². The number of tetrazole rings is 1. The van der Waals surface area contributed by atoms with E-state index in [1.54, 1.807) is 17.0 Å². The minimum atomic E-state index is -0.0304. The number of benzene rings is 1. The van der Waals surface area contributed by atoms with Crippen LogP contribution in [0.5, 0.6) is 0 Å². The third-order valence-electron chi connectivity index (χ3n) is 5.75. The van der Waals surface area contributed by atoms with Crippen LogP contribution in [-0.4, -0.2) is 34.7 Å². The molecule has 172 valence electrons. The summed E-state index contributed by atoms with van der Waals surface area (Å²) in [6, 6.07) is 10.1. The first-order valence-corrected chi connectivity index (χ1v) is 11.8. The van der Waals surface area contributed by atoms with Gasteiger partial charge in [0.15, 0.2) is 0 Å². The predicted octanol–water partition coefficient (Wildman–Crippen LogP) is 4.74. The second-order valence-corrected chi connectivity index (χ2v) is 8.43. The smallest absolute Gasteiger partial charge is 0.290 e. The van der Waals surface area contributed by atoms with E-state index in [1.165, 1.54) is 0 Å². The van der Waals surface area contributed by atoms with Crippen molar-refractivity contribution in [3.05, 3.63) is 69.6 Å². The topological polar surface area (TPSA) is 94.3 Å². The molecule has 0 fully saturated rings. The van der Waals surface area contributed by atoms with Crippen molar-refractivity contribution in [1.82, 2.24) is 34.7 Å². The Balaban J connectivity index is 1.62. The lowest BCUT2D eigenvalue weighted by Gasteiger charge is -2.09. The number of pyridine rings is 1. The molecule has 4 aromatic rings. The molecule has 9 heteroatoms. The van der Waals surface area contributed by atoms with E-state index in [9.17, 15) is 4.79 Å². The third kappa shape index (κ3) is 4.90. The maximum Gasteiger partial charge on any atom is 0.329 e. The molecule has 0 atom stereocenters. The Hall–Kier alpha value is -3.26. The van der Waals surface area contributed by atoms with Gasteiger partial charge in [-0.05, 0) is 40.8 Å². The Morgan fingerprint density at radius 1 is 1.00 bits per heavy atom. The molecule has 0 spiro atoms. The number of aromatic nitrogens is 7. The highest BCUT2D eigenvalue weighted by Crippen LogP contribution is 2.29. The molecular weight excluding hydrogens is 438 g/mol. The standard InChI is InChI=1S/C24H28ClN7O/c1-3-5-6-14-31-22(25)21(7-4-2)32(24(31)33)16-17-8-10-18(11-9-17)19-12-13-26-15-20(19)23-27-29-30-28-23/h8-13,15H,3-7,14,16H2,1-2H3,(H,27,28,29,30). The first kappa shape index (κ1) is 22.9. The summed E-state index contributed by atoms with van der Waals surface area (Å²) in [5, 5.41) is 14.9. The SMILES string of the molecule is CCCCCn1c(Cl)c(CCC)n(Cc2ccc(-c3ccncc3-c3nn[nH]n3)cc2)c1=O. The number of nitrogens with one attached hydrogen (secondary N) is 1. The fourth-order valence-electron chi connectivity index (χ4n) is 4.04. The van der Waals surface area contributed by atoms with Gasteiger partial charge in [-0.2, -0.15) is 5.21 Å². The summed E-state index contributed by atoms with van der Waals surface area (Å²) in [5.41, 5.74) is 4.70. The summed E-state index contributed by atoms with van der Waals surface area (Å²) in [5.74, 6) is 0.497. The monoisotopic (exact) mass is 465 g/mol. The second-order valence-electron chi connectivity index (χ2n) is 8.07. The van der Waals surface area contributed by atoms with Crippen molar-refractivity contribution in [3.63, 3.8) is 0 Å². The lowest BCUT2D eigenvalue weighted by atomic mass is 10.00. The Morgan fingerprint density at radius 2 is 1.82 bits per heavy atom. The highest BCUT2D eigenvalue weighted by atomic mass is 35.5. The minimum Gasteiger partial charge on any atom is -0.290 e. The third-order valence-corrected chi connectivity index (χ3v) is 6.17. The van der Waals surface area contributed by atoms with E-state index in [0.717, 1.165) is 60.1 Å². The van der Waals surface area contributed by atoms with E-state index in [0.29, 0.717) is 24.1 Å². The Kier molecular flexibility index (Phi) is 7.34. The number of imidazole rings is 1. The molecule has 3 heterocycles. The molecule has 0 aliphatic heterocycles. The number of H-pyrrole nitrogens is 1.